The van der Waals surface area contributed by atoms with Crippen molar-refractivity contribution in [2.24, 2.45) is 5.73 Å². The third-order valence-electron chi connectivity index (χ3n) is 2.70. The molecule has 0 saturated carbocycles. The molecule has 1 unspecified atom stereocenters. The van der Waals surface area contributed by atoms with Crippen molar-refractivity contribution in [3.63, 3.8) is 0 Å². The SMILES string of the molecule is COCC(CN)NC(=O)c1c(C)cccc1C. The molecule has 0 aliphatic carbocycles. The molecule has 0 fully saturated rings. The fourth-order valence-corrected chi connectivity index (χ4v) is 1.80. The van der Waals surface area contributed by atoms with Crippen LogP contribution in [0.15, 0.2) is 18.2 Å². The maximum Gasteiger partial charge on any atom is 0.252 e. The Hall–Kier alpha value is -1.39. The zero-order valence-corrected chi connectivity index (χ0v) is 10.6. The first-order valence-electron chi connectivity index (χ1n) is 5.66. The van der Waals surface area contributed by atoms with Crippen LogP contribution in [0.4, 0.5) is 0 Å². The lowest BCUT2D eigenvalue weighted by Gasteiger charge is -2.17. The van der Waals surface area contributed by atoms with Gasteiger partial charge in [0.25, 0.3) is 5.91 Å². The molecule has 17 heavy (non-hydrogen) atoms. The lowest BCUT2D eigenvalue weighted by atomic mass is 10.0. The summed E-state index contributed by atoms with van der Waals surface area (Å²) >= 11 is 0. The Morgan fingerprint density at radius 1 is 1.41 bits per heavy atom. The van der Waals surface area contributed by atoms with E-state index in [2.05, 4.69) is 5.32 Å². The molecule has 1 aromatic carbocycles. The summed E-state index contributed by atoms with van der Waals surface area (Å²) in [5.74, 6) is -0.0897. The number of hydrogen-bond donors (Lipinski definition) is 2. The van der Waals surface area contributed by atoms with E-state index in [0.717, 1.165) is 16.7 Å². The molecule has 0 bridgehead atoms. The first-order valence-corrected chi connectivity index (χ1v) is 5.66. The molecule has 1 aromatic rings. The number of hydrogen-bond acceptors (Lipinski definition) is 3. The van der Waals surface area contributed by atoms with Crippen LogP contribution in [0.5, 0.6) is 0 Å². The van der Waals surface area contributed by atoms with Crippen molar-refractivity contribution in [2.45, 2.75) is 19.9 Å². The summed E-state index contributed by atoms with van der Waals surface area (Å²) in [4.78, 5) is 12.1. The Labute approximate surface area is 102 Å². The Morgan fingerprint density at radius 3 is 2.47 bits per heavy atom. The molecule has 0 spiro atoms. The molecule has 3 N–H and O–H groups in total. The number of nitrogens with one attached hydrogen (secondary N) is 1. The number of carbonyl (C=O) groups excluding carboxylic acids is 1. The highest BCUT2D eigenvalue weighted by molar-refractivity contribution is 5.97. The van der Waals surface area contributed by atoms with E-state index in [0.29, 0.717) is 13.2 Å². The quantitative estimate of drug-likeness (QED) is 0.802. The number of aryl methyl sites for hydroxylation is 2. The molecular weight excluding hydrogens is 216 g/mol. The predicted octanol–water partition coefficient (Wildman–Crippen LogP) is 1.01. The molecule has 0 radical (unpaired) electrons. The molecule has 1 atom stereocenters. The largest absolute Gasteiger partial charge is 0.383 e. The number of amides is 1. The molecule has 1 rings (SSSR count). The van der Waals surface area contributed by atoms with Gasteiger partial charge < -0.3 is 15.8 Å². The van der Waals surface area contributed by atoms with E-state index < -0.39 is 0 Å². The summed E-state index contributed by atoms with van der Waals surface area (Å²) in [6, 6.07) is 5.65. The van der Waals surface area contributed by atoms with Gasteiger partial charge in [0, 0.05) is 19.2 Å². The second-order valence-corrected chi connectivity index (χ2v) is 4.13. The maximum absolute atomic E-state index is 12.1. The van der Waals surface area contributed by atoms with Crippen LogP contribution < -0.4 is 11.1 Å². The number of carbonyl (C=O) groups is 1. The highest BCUT2D eigenvalue weighted by atomic mass is 16.5. The van der Waals surface area contributed by atoms with Gasteiger partial charge in [0.1, 0.15) is 0 Å². The highest BCUT2D eigenvalue weighted by Gasteiger charge is 2.15. The fourth-order valence-electron chi connectivity index (χ4n) is 1.80. The van der Waals surface area contributed by atoms with Crippen molar-refractivity contribution in [3.8, 4) is 0 Å². The van der Waals surface area contributed by atoms with E-state index in [1.54, 1.807) is 7.11 Å². The smallest absolute Gasteiger partial charge is 0.252 e. The summed E-state index contributed by atoms with van der Waals surface area (Å²) in [5.41, 5.74) is 8.23. The van der Waals surface area contributed by atoms with E-state index in [1.165, 1.54) is 0 Å². The van der Waals surface area contributed by atoms with Crippen molar-refractivity contribution >= 4 is 5.91 Å². The summed E-state index contributed by atoms with van der Waals surface area (Å²) in [6.45, 7) is 4.64. The van der Waals surface area contributed by atoms with Gasteiger partial charge in [-0.15, -0.1) is 0 Å². The predicted molar refractivity (Wildman–Crippen MR) is 68.1 cm³/mol. The average molecular weight is 236 g/mol. The zero-order chi connectivity index (χ0) is 12.8. The minimum absolute atomic E-state index is 0.0897. The van der Waals surface area contributed by atoms with E-state index in [1.807, 2.05) is 32.0 Å². The monoisotopic (exact) mass is 236 g/mol. The molecule has 0 saturated heterocycles. The number of nitrogens with two attached hydrogens (primary N) is 1. The van der Waals surface area contributed by atoms with Gasteiger partial charge in [-0.05, 0) is 25.0 Å². The summed E-state index contributed by atoms with van der Waals surface area (Å²) in [6.07, 6.45) is 0. The van der Waals surface area contributed by atoms with Gasteiger partial charge in [-0.25, -0.2) is 0 Å². The fraction of sp³-hybridized carbons (Fsp3) is 0.462. The second kappa shape index (κ2) is 6.37. The molecule has 0 aliphatic heterocycles. The maximum atomic E-state index is 12.1. The van der Waals surface area contributed by atoms with Gasteiger partial charge in [-0.1, -0.05) is 18.2 Å². The number of benzene rings is 1. The first-order chi connectivity index (χ1) is 8.10. The lowest BCUT2D eigenvalue weighted by Crippen LogP contribution is -2.43. The average Bonchev–Trinajstić information content (AvgIpc) is 2.28. The van der Waals surface area contributed by atoms with Crippen LogP contribution >= 0.6 is 0 Å². The number of methoxy groups -OCH3 is 1. The molecule has 1 amide bonds. The minimum atomic E-state index is -0.147. The Kier molecular flexibility index (Phi) is 5.12. The lowest BCUT2D eigenvalue weighted by molar-refractivity contribution is 0.0899. The van der Waals surface area contributed by atoms with Gasteiger partial charge >= 0.3 is 0 Å². The summed E-state index contributed by atoms with van der Waals surface area (Å²) in [7, 11) is 1.59. The van der Waals surface area contributed by atoms with Gasteiger partial charge in [0.15, 0.2) is 0 Å². The van der Waals surface area contributed by atoms with E-state index in [4.69, 9.17) is 10.5 Å². The molecule has 4 heteroatoms. The van der Waals surface area contributed by atoms with Crippen LogP contribution in [0.3, 0.4) is 0 Å². The Balaban J connectivity index is 2.82. The highest BCUT2D eigenvalue weighted by Crippen LogP contribution is 2.13. The normalized spacial score (nSPS) is 12.2. The number of ether oxygens (including phenoxy) is 1. The molecule has 94 valence electrons. The first kappa shape index (κ1) is 13.7. The molecular formula is C13H20N2O2. The van der Waals surface area contributed by atoms with Crippen molar-refractivity contribution in [2.75, 3.05) is 20.3 Å². The summed E-state index contributed by atoms with van der Waals surface area (Å²) in [5, 5.41) is 2.88. The second-order valence-electron chi connectivity index (χ2n) is 4.13. The van der Waals surface area contributed by atoms with E-state index >= 15 is 0 Å². The zero-order valence-electron chi connectivity index (χ0n) is 10.6. The topological polar surface area (TPSA) is 64.3 Å². The van der Waals surface area contributed by atoms with Gasteiger partial charge in [0.05, 0.1) is 12.6 Å². The minimum Gasteiger partial charge on any atom is -0.383 e. The van der Waals surface area contributed by atoms with Crippen LogP contribution in [0.2, 0.25) is 0 Å². The molecule has 4 nitrogen and oxygen atoms in total. The van der Waals surface area contributed by atoms with Crippen LogP contribution in [-0.4, -0.2) is 32.2 Å². The van der Waals surface area contributed by atoms with Gasteiger partial charge in [0.2, 0.25) is 0 Å². The number of rotatable bonds is 5. The molecule has 0 heterocycles. The molecule has 0 aliphatic rings. The third kappa shape index (κ3) is 3.54. The van der Waals surface area contributed by atoms with Gasteiger partial charge in [-0.2, -0.15) is 0 Å². The molecule has 0 aromatic heterocycles. The van der Waals surface area contributed by atoms with Crippen molar-refractivity contribution in [1.29, 1.82) is 0 Å². The van der Waals surface area contributed by atoms with Crippen molar-refractivity contribution in [3.05, 3.63) is 34.9 Å². The van der Waals surface area contributed by atoms with Crippen LogP contribution in [0.1, 0.15) is 21.5 Å². The van der Waals surface area contributed by atoms with Crippen molar-refractivity contribution < 1.29 is 9.53 Å². The van der Waals surface area contributed by atoms with Crippen molar-refractivity contribution in [1.82, 2.24) is 5.32 Å². The standard InChI is InChI=1S/C13H20N2O2/c1-9-5-4-6-10(2)12(9)13(16)15-11(7-14)8-17-3/h4-6,11H,7-8,14H2,1-3H3,(H,15,16). The van der Waals surface area contributed by atoms with Crippen LogP contribution in [0, 0.1) is 13.8 Å². The van der Waals surface area contributed by atoms with Crippen LogP contribution in [0.25, 0.3) is 0 Å². The summed E-state index contributed by atoms with van der Waals surface area (Å²) < 4.78 is 5.00. The third-order valence-corrected chi connectivity index (χ3v) is 2.70. The Morgan fingerprint density at radius 2 is 2.00 bits per heavy atom. The van der Waals surface area contributed by atoms with E-state index in [-0.39, 0.29) is 11.9 Å². The van der Waals surface area contributed by atoms with E-state index in [9.17, 15) is 4.79 Å². The Bertz CT molecular complexity index is 371. The van der Waals surface area contributed by atoms with Gasteiger partial charge in [-0.3, -0.25) is 4.79 Å². The van der Waals surface area contributed by atoms with Crippen LogP contribution in [-0.2, 0) is 4.74 Å².